The van der Waals surface area contributed by atoms with E-state index in [1.54, 1.807) is 0 Å². The van der Waals surface area contributed by atoms with E-state index in [0.717, 1.165) is 24.7 Å². The van der Waals surface area contributed by atoms with E-state index < -0.39 is 11.6 Å². The van der Waals surface area contributed by atoms with Crippen molar-refractivity contribution in [2.24, 2.45) is 5.92 Å². The van der Waals surface area contributed by atoms with Gasteiger partial charge in [-0.3, -0.25) is 0 Å². The molecule has 2 aromatic rings. The summed E-state index contributed by atoms with van der Waals surface area (Å²) in [7, 11) is 0. The average Bonchev–Trinajstić information content (AvgIpc) is 2.80. The summed E-state index contributed by atoms with van der Waals surface area (Å²) in [5.41, 5.74) is 0.670. The van der Waals surface area contributed by atoms with Gasteiger partial charge in [0.25, 0.3) is 0 Å². The van der Waals surface area contributed by atoms with Crippen molar-refractivity contribution >= 4 is 0 Å². The summed E-state index contributed by atoms with van der Waals surface area (Å²) in [6, 6.07) is 3.27. The molecule has 0 aliphatic heterocycles. The van der Waals surface area contributed by atoms with Crippen molar-refractivity contribution in [2.45, 2.75) is 20.4 Å². The van der Waals surface area contributed by atoms with Crippen molar-refractivity contribution < 1.29 is 13.2 Å². The van der Waals surface area contributed by atoms with Crippen LogP contribution in [-0.4, -0.2) is 11.5 Å². The topological polar surface area (TPSA) is 38.1 Å². The largest absolute Gasteiger partial charge is 0.443 e. The molecular formula is C14H16F2N2O. The van der Waals surface area contributed by atoms with Gasteiger partial charge >= 0.3 is 0 Å². The Kier molecular flexibility index (Phi) is 4.27. The van der Waals surface area contributed by atoms with E-state index in [1.807, 2.05) is 0 Å². The SMILES string of the molecule is CC(C)CNCc1ncoc1-c1cc(F)ccc1F. The maximum absolute atomic E-state index is 13.7. The van der Waals surface area contributed by atoms with Crippen LogP contribution >= 0.6 is 0 Å². The van der Waals surface area contributed by atoms with E-state index in [1.165, 1.54) is 6.39 Å². The van der Waals surface area contributed by atoms with Gasteiger partial charge in [0.15, 0.2) is 12.2 Å². The van der Waals surface area contributed by atoms with Gasteiger partial charge in [-0.15, -0.1) is 0 Å². The van der Waals surface area contributed by atoms with Gasteiger partial charge in [0.05, 0.1) is 5.56 Å². The zero-order valence-electron chi connectivity index (χ0n) is 10.9. The summed E-state index contributed by atoms with van der Waals surface area (Å²) in [5.74, 6) is -0.258. The molecule has 0 fully saturated rings. The molecule has 0 saturated carbocycles. The molecule has 0 bridgehead atoms. The van der Waals surface area contributed by atoms with Crippen LogP contribution in [0.3, 0.4) is 0 Å². The standard InChI is InChI=1S/C14H16F2N2O/c1-9(2)6-17-7-13-14(19-8-18-13)11-5-10(15)3-4-12(11)16/h3-5,8-9,17H,6-7H2,1-2H3. The van der Waals surface area contributed by atoms with Gasteiger partial charge < -0.3 is 9.73 Å². The van der Waals surface area contributed by atoms with Crippen molar-refractivity contribution in [3.05, 3.63) is 41.9 Å². The van der Waals surface area contributed by atoms with Crippen LogP contribution in [0.25, 0.3) is 11.3 Å². The Hall–Kier alpha value is -1.75. The fourth-order valence-electron chi connectivity index (χ4n) is 1.76. The minimum Gasteiger partial charge on any atom is -0.443 e. The van der Waals surface area contributed by atoms with E-state index in [0.29, 0.717) is 18.2 Å². The molecule has 0 saturated heterocycles. The molecule has 1 heterocycles. The Balaban J connectivity index is 2.21. The third kappa shape index (κ3) is 3.38. The quantitative estimate of drug-likeness (QED) is 0.901. The highest BCUT2D eigenvalue weighted by Gasteiger charge is 2.15. The third-order valence-corrected chi connectivity index (χ3v) is 2.66. The zero-order valence-corrected chi connectivity index (χ0v) is 10.9. The van der Waals surface area contributed by atoms with Crippen LogP contribution in [0.2, 0.25) is 0 Å². The molecule has 3 nitrogen and oxygen atoms in total. The van der Waals surface area contributed by atoms with Crippen LogP contribution in [0.5, 0.6) is 0 Å². The second-order valence-corrected chi connectivity index (χ2v) is 4.78. The first-order valence-electron chi connectivity index (χ1n) is 6.16. The minimum atomic E-state index is -0.525. The van der Waals surface area contributed by atoms with Crippen LogP contribution in [0.15, 0.2) is 29.0 Å². The molecule has 0 aliphatic carbocycles. The number of hydrogen-bond donors (Lipinski definition) is 1. The minimum absolute atomic E-state index is 0.0962. The summed E-state index contributed by atoms with van der Waals surface area (Å²) in [6.45, 7) is 5.45. The molecule has 0 spiro atoms. The summed E-state index contributed by atoms with van der Waals surface area (Å²) < 4.78 is 32.1. The average molecular weight is 266 g/mol. The van der Waals surface area contributed by atoms with Gasteiger partial charge in [-0.2, -0.15) is 0 Å². The van der Waals surface area contributed by atoms with E-state index >= 15 is 0 Å². The highest BCUT2D eigenvalue weighted by molar-refractivity contribution is 5.60. The molecule has 1 aromatic heterocycles. The molecule has 0 aliphatic rings. The number of benzene rings is 1. The lowest BCUT2D eigenvalue weighted by Gasteiger charge is -2.07. The highest BCUT2D eigenvalue weighted by Crippen LogP contribution is 2.26. The summed E-state index contributed by atoms with van der Waals surface area (Å²) >= 11 is 0. The lowest BCUT2D eigenvalue weighted by molar-refractivity contribution is 0.541. The molecule has 2 rings (SSSR count). The number of halogens is 2. The maximum Gasteiger partial charge on any atom is 0.181 e. The first-order chi connectivity index (χ1) is 9.08. The Morgan fingerprint density at radius 1 is 1.32 bits per heavy atom. The van der Waals surface area contributed by atoms with E-state index in [9.17, 15) is 8.78 Å². The molecule has 1 aromatic carbocycles. The van der Waals surface area contributed by atoms with Gasteiger partial charge in [0, 0.05) is 6.54 Å². The summed E-state index contributed by atoms with van der Waals surface area (Å²) in [5, 5.41) is 3.19. The number of oxazole rings is 1. The van der Waals surface area contributed by atoms with Gasteiger partial charge in [-0.25, -0.2) is 13.8 Å². The van der Waals surface area contributed by atoms with E-state index in [4.69, 9.17) is 4.42 Å². The zero-order chi connectivity index (χ0) is 13.8. The fraction of sp³-hybridized carbons (Fsp3) is 0.357. The monoisotopic (exact) mass is 266 g/mol. The Bertz CT molecular complexity index is 552. The second-order valence-electron chi connectivity index (χ2n) is 4.78. The van der Waals surface area contributed by atoms with Crippen molar-refractivity contribution in [3.8, 4) is 11.3 Å². The normalized spacial score (nSPS) is 11.2. The molecule has 1 N–H and O–H groups in total. The van der Waals surface area contributed by atoms with Gasteiger partial charge in [-0.05, 0) is 30.7 Å². The smallest absolute Gasteiger partial charge is 0.181 e. The predicted octanol–water partition coefficient (Wildman–Crippen LogP) is 3.37. The van der Waals surface area contributed by atoms with Crippen LogP contribution in [0.4, 0.5) is 8.78 Å². The van der Waals surface area contributed by atoms with Gasteiger partial charge in [-0.1, -0.05) is 13.8 Å². The molecule has 102 valence electrons. The molecule has 0 unspecified atom stereocenters. The summed E-state index contributed by atoms with van der Waals surface area (Å²) in [4.78, 5) is 4.04. The molecular weight excluding hydrogens is 250 g/mol. The maximum atomic E-state index is 13.7. The second kappa shape index (κ2) is 5.93. The molecule has 19 heavy (non-hydrogen) atoms. The van der Waals surface area contributed by atoms with Crippen molar-refractivity contribution in [1.29, 1.82) is 0 Å². The van der Waals surface area contributed by atoms with Gasteiger partial charge in [0.2, 0.25) is 0 Å². The van der Waals surface area contributed by atoms with Crippen LogP contribution in [0, 0.1) is 17.6 Å². The van der Waals surface area contributed by atoms with Crippen LogP contribution < -0.4 is 5.32 Å². The van der Waals surface area contributed by atoms with E-state index in [2.05, 4.69) is 24.1 Å². The van der Waals surface area contributed by atoms with Crippen molar-refractivity contribution in [3.63, 3.8) is 0 Å². The molecule has 0 atom stereocenters. The Labute approximate surface area is 110 Å². The van der Waals surface area contributed by atoms with Crippen molar-refractivity contribution in [1.82, 2.24) is 10.3 Å². The predicted molar refractivity (Wildman–Crippen MR) is 68.4 cm³/mol. The first kappa shape index (κ1) is 13.7. The van der Waals surface area contributed by atoms with Crippen molar-refractivity contribution in [2.75, 3.05) is 6.54 Å². The van der Waals surface area contributed by atoms with Crippen LogP contribution in [-0.2, 0) is 6.54 Å². The number of rotatable bonds is 5. The summed E-state index contributed by atoms with van der Waals surface area (Å²) in [6.07, 6.45) is 1.24. The van der Waals surface area contributed by atoms with Gasteiger partial charge in [0.1, 0.15) is 17.3 Å². The number of aromatic nitrogens is 1. The fourth-order valence-corrected chi connectivity index (χ4v) is 1.76. The van der Waals surface area contributed by atoms with E-state index in [-0.39, 0.29) is 11.3 Å². The van der Waals surface area contributed by atoms with Crippen LogP contribution in [0.1, 0.15) is 19.5 Å². The molecule has 5 heteroatoms. The Morgan fingerprint density at radius 3 is 2.84 bits per heavy atom. The number of hydrogen-bond acceptors (Lipinski definition) is 3. The number of nitrogens with one attached hydrogen (secondary N) is 1. The molecule has 0 amide bonds. The molecule has 0 radical (unpaired) electrons. The Morgan fingerprint density at radius 2 is 2.11 bits per heavy atom. The lowest BCUT2D eigenvalue weighted by Crippen LogP contribution is -2.19. The third-order valence-electron chi connectivity index (χ3n) is 2.66. The number of nitrogens with zero attached hydrogens (tertiary/aromatic N) is 1. The lowest BCUT2D eigenvalue weighted by atomic mass is 10.1. The first-order valence-corrected chi connectivity index (χ1v) is 6.16. The highest BCUT2D eigenvalue weighted by atomic mass is 19.1.